The number of aromatic amines is 1. The maximum Gasteiger partial charge on any atom is 0.292 e. The number of carbonyl (C=O) groups is 1. The lowest BCUT2D eigenvalue weighted by Crippen LogP contribution is -2.23. The van der Waals surface area contributed by atoms with Crippen LogP contribution < -0.4 is 15.9 Å². The molecule has 8 heteroatoms. The molecule has 1 aliphatic rings. The second kappa shape index (κ2) is 7.83. The van der Waals surface area contributed by atoms with Crippen molar-refractivity contribution in [2.75, 3.05) is 18.0 Å². The summed E-state index contributed by atoms with van der Waals surface area (Å²) in [6, 6.07) is 11.7. The largest absolute Gasteiger partial charge is 0.369 e. The standard InChI is InChI=1S/C21H20FN5O2/c1-13(14-8-9-18(17(22)12-14)27-10-4-5-11-27)23-26-21(29)19-15-6-2-3-7-16(15)20(28)25-24-19/h2-3,6-9,12H,4-5,10-11H2,1H3,(H,25,28)(H,26,29)/b23-13-. The van der Waals surface area contributed by atoms with Gasteiger partial charge in [0.05, 0.1) is 16.8 Å². The second-order valence-corrected chi connectivity index (χ2v) is 6.95. The number of halogens is 1. The predicted molar refractivity (Wildman–Crippen MR) is 110 cm³/mol. The second-order valence-electron chi connectivity index (χ2n) is 6.95. The monoisotopic (exact) mass is 393 g/mol. The topological polar surface area (TPSA) is 90.5 Å². The van der Waals surface area contributed by atoms with E-state index in [1.165, 1.54) is 6.07 Å². The van der Waals surface area contributed by atoms with Crippen molar-refractivity contribution >= 4 is 28.1 Å². The fourth-order valence-corrected chi connectivity index (χ4v) is 3.49. The Hall–Kier alpha value is -3.55. The molecule has 1 amide bonds. The van der Waals surface area contributed by atoms with E-state index in [1.807, 2.05) is 4.90 Å². The van der Waals surface area contributed by atoms with Gasteiger partial charge in [0, 0.05) is 24.0 Å². The van der Waals surface area contributed by atoms with E-state index >= 15 is 0 Å². The third-order valence-corrected chi connectivity index (χ3v) is 5.05. The molecule has 0 radical (unpaired) electrons. The maximum atomic E-state index is 14.5. The van der Waals surface area contributed by atoms with E-state index in [9.17, 15) is 14.0 Å². The lowest BCUT2D eigenvalue weighted by atomic mass is 10.1. The summed E-state index contributed by atoms with van der Waals surface area (Å²) >= 11 is 0. The molecule has 0 unspecified atom stereocenters. The van der Waals surface area contributed by atoms with Gasteiger partial charge in [0.25, 0.3) is 11.5 Å². The molecule has 0 aliphatic carbocycles. The number of fused-ring (bicyclic) bond motifs is 1. The summed E-state index contributed by atoms with van der Waals surface area (Å²) in [7, 11) is 0. The summed E-state index contributed by atoms with van der Waals surface area (Å²) in [5.41, 5.74) is 3.74. The van der Waals surface area contributed by atoms with Crippen molar-refractivity contribution in [2.24, 2.45) is 5.10 Å². The van der Waals surface area contributed by atoms with Crippen LogP contribution in [0.1, 0.15) is 35.8 Å². The number of nitrogens with one attached hydrogen (secondary N) is 2. The molecule has 1 saturated heterocycles. The zero-order valence-corrected chi connectivity index (χ0v) is 15.9. The molecule has 0 bridgehead atoms. The highest BCUT2D eigenvalue weighted by molar-refractivity contribution is 6.06. The molecule has 0 spiro atoms. The highest BCUT2D eigenvalue weighted by Crippen LogP contribution is 2.24. The minimum Gasteiger partial charge on any atom is -0.369 e. The summed E-state index contributed by atoms with van der Waals surface area (Å²) in [6.45, 7) is 3.40. The van der Waals surface area contributed by atoms with E-state index in [1.54, 1.807) is 43.3 Å². The number of hydrazone groups is 1. The number of hydrogen-bond donors (Lipinski definition) is 2. The van der Waals surface area contributed by atoms with Gasteiger partial charge in [-0.05, 0) is 38.0 Å². The van der Waals surface area contributed by atoms with Crippen LogP contribution in [0.3, 0.4) is 0 Å². The molecule has 4 rings (SSSR count). The van der Waals surface area contributed by atoms with Gasteiger partial charge in [-0.3, -0.25) is 9.59 Å². The molecule has 0 saturated carbocycles. The molecule has 1 aromatic heterocycles. The Morgan fingerprint density at radius 1 is 1.17 bits per heavy atom. The first-order valence-corrected chi connectivity index (χ1v) is 9.41. The average molecular weight is 393 g/mol. The minimum absolute atomic E-state index is 0.0623. The van der Waals surface area contributed by atoms with Gasteiger partial charge in [-0.1, -0.05) is 24.3 Å². The van der Waals surface area contributed by atoms with Crippen LogP contribution in [0.2, 0.25) is 0 Å². The number of hydrogen-bond acceptors (Lipinski definition) is 5. The van der Waals surface area contributed by atoms with Crippen molar-refractivity contribution in [1.82, 2.24) is 15.6 Å². The van der Waals surface area contributed by atoms with Crippen molar-refractivity contribution in [3.05, 3.63) is 69.9 Å². The quantitative estimate of drug-likeness (QED) is 0.527. The molecule has 29 heavy (non-hydrogen) atoms. The first-order chi connectivity index (χ1) is 14.0. The molecule has 0 atom stereocenters. The van der Waals surface area contributed by atoms with Crippen molar-refractivity contribution in [1.29, 1.82) is 0 Å². The predicted octanol–water partition coefficient (Wildman–Crippen LogP) is 2.82. The highest BCUT2D eigenvalue weighted by atomic mass is 19.1. The summed E-state index contributed by atoms with van der Waals surface area (Å²) in [5, 5.41) is 11.0. The molecule has 2 heterocycles. The summed E-state index contributed by atoms with van der Waals surface area (Å²) in [6.07, 6.45) is 2.14. The number of aromatic nitrogens is 2. The van der Waals surface area contributed by atoms with Gasteiger partial charge in [0.15, 0.2) is 5.69 Å². The smallest absolute Gasteiger partial charge is 0.292 e. The van der Waals surface area contributed by atoms with Gasteiger partial charge < -0.3 is 4.90 Å². The van der Waals surface area contributed by atoms with Gasteiger partial charge in [-0.15, -0.1) is 0 Å². The molecule has 7 nitrogen and oxygen atoms in total. The fraction of sp³-hybridized carbons (Fsp3) is 0.238. The number of amides is 1. The number of carbonyl (C=O) groups excluding carboxylic acids is 1. The summed E-state index contributed by atoms with van der Waals surface area (Å²) in [4.78, 5) is 26.4. The molecule has 1 aliphatic heterocycles. The van der Waals surface area contributed by atoms with Gasteiger partial charge in [-0.25, -0.2) is 14.9 Å². The van der Waals surface area contributed by atoms with E-state index < -0.39 is 5.91 Å². The Kier molecular flexibility index (Phi) is 5.07. The molecule has 2 N–H and O–H groups in total. The number of anilines is 1. The van der Waals surface area contributed by atoms with E-state index in [0.29, 0.717) is 27.7 Å². The van der Waals surface area contributed by atoms with Gasteiger partial charge >= 0.3 is 0 Å². The molecule has 2 aromatic carbocycles. The number of benzene rings is 2. The van der Waals surface area contributed by atoms with Crippen LogP contribution in [0.25, 0.3) is 10.8 Å². The third kappa shape index (κ3) is 3.73. The van der Waals surface area contributed by atoms with Crippen LogP contribution in [0.5, 0.6) is 0 Å². The SMILES string of the molecule is C/C(=N/NC(=O)c1n[nH]c(=O)c2ccccc12)c1ccc(N2CCCC2)c(F)c1. The normalized spacial score (nSPS) is 14.4. The van der Waals surface area contributed by atoms with Gasteiger partial charge in [0.2, 0.25) is 0 Å². The van der Waals surface area contributed by atoms with Crippen LogP contribution in [-0.2, 0) is 0 Å². The lowest BCUT2D eigenvalue weighted by Gasteiger charge is -2.18. The van der Waals surface area contributed by atoms with E-state index in [4.69, 9.17) is 0 Å². The van der Waals surface area contributed by atoms with Crippen molar-refractivity contribution in [3.63, 3.8) is 0 Å². The van der Waals surface area contributed by atoms with Crippen LogP contribution in [-0.4, -0.2) is 34.9 Å². The van der Waals surface area contributed by atoms with Crippen LogP contribution in [0.4, 0.5) is 10.1 Å². The first kappa shape index (κ1) is 18.8. The highest BCUT2D eigenvalue weighted by Gasteiger charge is 2.17. The van der Waals surface area contributed by atoms with E-state index in [2.05, 4.69) is 20.7 Å². The zero-order chi connectivity index (χ0) is 20.4. The Labute approximate surface area is 166 Å². The average Bonchev–Trinajstić information content (AvgIpc) is 3.26. The Morgan fingerprint density at radius 3 is 2.62 bits per heavy atom. The Balaban J connectivity index is 1.55. The first-order valence-electron chi connectivity index (χ1n) is 9.41. The Morgan fingerprint density at radius 2 is 1.90 bits per heavy atom. The zero-order valence-electron chi connectivity index (χ0n) is 15.9. The van der Waals surface area contributed by atoms with Crippen LogP contribution in [0, 0.1) is 5.82 Å². The number of H-pyrrole nitrogens is 1. The third-order valence-electron chi connectivity index (χ3n) is 5.05. The van der Waals surface area contributed by atoms with Crippen LogP contribution in [0.15, 0.2) is 52.4 Å². The summed E-state index contributed by atoms with van der Waals surface area (Å²) in [5.74, 6) is -0.871. The van der Waals surface area contributed by atoms with Crippen molar-refractivity contribution < 1.29 is 9.18 Å². The molecule has 3 aromatic rings. The molecular weight excluding hydrogens is 373 g/mol. The Bertz CT molecular complexity index is 1170. The molecule has 148 valence electrons. The lowest BCUT2D eigenvalue weighted by molar-refractivity contribution is 0.0950. The summed E-state index contributed by atoms with van der Waals surface area (Å²) < 4.78 is 14.5. The van der Waals surface area contributed by atoms with Gasteiger partial charge in [-0.2, -0.15) is 10.2 Å². The molecule has 1 fully saturated rings. The number of nitrogens with zero attached hydrogens (tertiary/aromatic N) is 3. The van der Waals surface area contributed by atoms with Crippen molar-refractivity contribution in [3.8, 4) is 0 Å². The van der Waals surface area contributed by atoms with Crippen LogP contribution >= 0.6 is 0 Å². The molecular formula is C21H20FN5O2. The fourth-order valence-electron chi connectivity index (χ4n) is 3.49. The minimum atomic E-state index is -0.564. The van der Waals surface area contributed by atoms with E-state index in [0.717, 1.165) is 25.9 Å². The van der Waals surface area contributed by atoms with E-state index in [-0.39, 0.29) is 17.1 Å². The maximum absolute atomic E-state index is 14.5. The van der Waals surface area contributed by atoms with Crippen molar-refractivity contribution in [2.45, 2.75) is 19.8 Å². The number of rotatable bonds is 4. The van der Waals surface area contributed by atoms with Gasteiger partial charge in [0.1, 0.15) is 5.82 Å².